The number of carbonyl (C=O) groups is 1. The molecule has 0 atom stereocenters. The number of carbonyl (C=O) groups excluding carboxylic acids is 1. The van der Waals surface area contributed by atoms with Gasteiger partial charge in [0.05, 0.1) is 6.54 Å². The molecule has 102 valence electrons. The Morgan fingerprint density at radius 1 is 1.37 bits per heavy atom. The molecule has 1 aromatic carbocycles. The molecular weight excluding hydrogens is 238 g/mol. The van der Waals surface area contributed by atoms with Crippen molar-refractivity contribution in [2.45, 2.75) is 38.1 Å². The average Bonchev–Trinajstić information content (AvgIpc) is 3.01. The van der Waals surface area contributed by atoms with Gasteiger partial charge in [-0.15, -0.1) is 0 Å². The zero-order valence-electron chi connectivity index (χ0n) is 11.2. The van der Waals surface area contributed by atoms with Crippen LogP contribution in [-0.4, -0.2) is 25.0 Å². The topological polar surface area (TPSA) is 58.4 Å². The Hall–Kier alpha value is -1.71. The van der Waals surface area contributed by atoms with Crippen LogP contribution in [0.25, 0.3) is 0 Å². The Morgan fingerprint density at radius 2 is 2.16 bits per heavy atom. The SMILES string of the molecule is Nc1cccc2c1CCN2CC(=O)NC1CCCC1. The molecule has 2 aliphatic rings. The van der Waals surface area contributed by atoms with Gasteiger partial charge in [0.15, 0.2) is 0 Å². The average molecular weight is 259 g/mol. The summed E-state index contributed by atoms with van der Waals surface area (Å²) in [6, 6.07) is 6.35. The van der Waals surface area contributed by atoms with Gasteiger partial charge >= 0.3 is 0 Å². The second-order valence-corrected chi connectivity index (χ2v) is 5.57. The molecule has 1 saturated carbocycles. The molecule has 3 N–H and O–H groups in total. The summed E-state index contributed by atoms with van der Waals surface area (Å²) in [5.74, 6) is 0.141. The largest absolute Gasteiger partial charge is 0.398 e. The van der Waals surface area contributed by atoms with Gasteiger partial charge in [-0.05, 0) is 31.4 Å². The number of benzene rings is 1. The Bertz CT molecular complexity index is 480. The summed E-state index contributed by atoms with van der Waals surface area (Å²) < 4.78 is 0. The highest BCUT2D eigenvalue weighted by Gasteiger charge is 2.24. The molecule has 0 spiro atoms. The first-order valence-corrected chi connectivity index (χ1v) is 7.16. The van der Waals surface area contributed by atoms with Gasteiger partial charge in [0.1, 0.15) is 0 Å². The summed E-state index contributed by atoms with van der Waals surface area (Å²) in [4.78, 5) is 14.2. The minimum absolute atomic E-state index is 0.141. The van der Waals surface area contributed by atoms with Crippen LogP contribution in [0.4, 0.5) is 11.4 Å². The maximum atomic E-state index is 12.1. The minimum Gasteiger partial charge on any atom is -0.398 e. The van der Waals surface area contributed by atoms with Crippen molar-refractivity contribution >= 4 is 17.3 Å². The third kappa shape index (κ3) is 2.53. The molecule has 1 amide bonds. The van der Waals surface area contributed by atoms with Gasteiger partial charge in [-0.2, -0.15) is 0 Å². The Balaban J connectivity index is 1.62. The van der Waals surface area contributed by atoms with Gasteiger partial charge in [-0.25, -0.2) is 0 Å². The van der Waals surface area contributed by atoms with Crippen LogP contribution in [0.2, 0.25) is 0 Å². The maximum Gasteiger partial charge on any atom is 0.239 e. The Morgan fingerprint density at radius 3 is 2.95 bits per heavy atom. The molecule has 1 aliphatic carbocycles. The van der Waals surface area contributed by atoms with Gasteiger partial charge in [0.25, 0.3) is 0 Å². The lowest BCUT2D eigenvalue weighted by molar-refractivity contribution is -0.120. The van der Waals surface area contributed by atoms with Crippen molar-refractivity contribution in [3.05, 3.63) is 23.8 Å². The van der Waals surface area contributed by atoms with E-state index in [1.807, 2.05) is 12.1 Å². The number of hydrogen-bond donors (Lipinski definition) is 2. The number of anilines is 2. The summed E-state index contributed by atoms with van der Waals surface area (Å²) >= 11 is 0. The summed E-state index contributed by atoms with van der Waals surface area (Å²) in [6.45, 7) is 1.34. The maximum absolute atomic E-state index is 12.1. The normalized spacial score (nSPS) is 18.6. The number of nitrogens with zero attached hydrogens (tertiary/aromatic N) is 1. The highest BCUT2D eigenvalue weighted by molar-refractivity contribution is 5.83. The lowest BCUT2D eigenvalue weighted by Gasteiger charge is -2.20. The molecule has 1 aromatic rings. The van der Waals surface area contributed by atoms with Gasteiger partial charge in [0, 0.05) is 29.5 Å². The lowest BCUT2D eigenvalue weighted by Crippen LogP contribution is -2.40. The smallest absolute Gasteiger partial charge is 0.239 e. The number of hydrogen-bond acceptors (Lipinski definition) is 3. The molecule has 1 fully saturated rings. The van der Waals surface area contributed by atoms with E-state index >= 15 is 0 Å². The predicted octanol–water partition coefficient (Wildman–Crippen LogP) is 1.69. The second-order valence-electron chi connectivity index (χ2n) is 5.57. The molecule has 0 radical (unpaired) electrons. The zero-order valence-corrected chi connectivity index (χ0v) is 11.2. The Kier molecular flexibility index (Phi) is 3.32. The first kappa shape index (κ1) is 12.3. The fraction of sp³-hybridized carbons (Fsp3) is 0.533. The van der Waals surface area contributed by atoms with Crippen LogP contribution in [0.5, 0.6) is 0 Å². The highest BCUT2D eigenvalue weighted by atomic mass is 16.2. The quantitative estimate of drug-likeness (QED) is 0.812. The summed E-state index contributed by atoms with van der Waals surface area (Å²) in [5, 5.41) is 3.14. The molecule has 4 nitrogen and oxygen atoms in total. The van der Waals surface area contributed by atoms with Crippen LogP contribution in [0.3, 0.4) is 0 Å². The number of nitrogen functional groups attached to an aromatic ring is 1. The number of fused-ring (bicyclic) bond motifs is 1. The third-order valence-corrected chi connectivity index (χ3v) is 4.21. The van der Waals surface area contributed by atoms with Crippen molar-refractivity contribution < 1.29 is 4.79 Å². The van der Waals surface area contributed by atoms with Crippen molar-refractivity contribution in [1.82, 2.24) is 5.32 Å². The fourth-order valence-corrected chi connectivity index (χ4v) is 3.21. The monoisotopic (exact) mass is 259 g/mol. The van der Waals surface area contributed by atoms with Gasteiger partial charge in [0.2, 0.25) is 5.91 Å². The van der Waals surface area contributed by atoms with E-state index in [4.69, 9.17) is 5.73 Å². The van der Waals surface area contributed by atoms with Crippen molar-refractivity contribution in [2.75, 3.05) is 23.7 Å². The summed E-state index contributed by atoms with van der Waals surface area (Å²) in [6.07, 6.45) is 5.70. The second kappa shape index (κ2) is 5.11. The van der Waals surface area contributed by atoms with E-state index in [0.717, 1.165) is 37.2 Å². The van der Waals surface area contributed by atoms with Crippen molar-refractivity contribution in [1.29, 1.82) is 0 Å². The first-order valence-electron chi connectivity index (χ1n) is 7.16. The molecule has 0 bridgehead atoms. The number of amides is 1. The van der Waals surface area contributed by atoms with E-state index in [1.54, 1.807) is 0 Å². The molecule has 4 heteroatoms. The molecular formula is C15H21N3O. The van der Waals surface area contributed by atoms with Crippen LogP contribution in [0, 0.1) is 0 Å². The van der Waals surface area contributed by atoms with Crippen LogP contribution in [0.1, 0.15) is 31.2 Å². The number of nitrogens with one attached hydrogen (secondary N) is 1. The molecule has 0 saturated heterocycles. The van der Waals surface area contributed by atoms with E-state index < -0.39 is 0 Å². The van der Waals surface area contributed by atoms with Gasteiger partial charge in [-0.3, -0.25) is 4.79 Å². The van der Waals surface area contributed by atoms with E-state index in [9.17, 15) is 4.79 Å². The number of nitrogens with two attached hydrogens (primary N) is 1. The first-order chi connectivity index (χ1) is 9.24. The zero-order chi connectivity index (χ0) is 13.2. The molecule has 1 aliphatic heterocycles. The standard InChI is InChI=1S/C15H21N3O/c16-13-6-3-7-14-12(13)8-9-18(14)10-15(19)17-11-4-1-2-5-11/h3,6-7,11H,1-2,4-5,8-10,16H2,(H,17,19). The van der Waals surface area contributed by atoms with Crippen LogP contribution in [-0.2, 0) is 11.2 Å². The fourth-order valence-electron chi connectivity index (χ4n) is 3.21. The van der Waals surface area contributed by atoms with Gasteiger partial charge in [-0.1, -0.05) is 18.9 Å². The molecule has 3 rings (SSSR count). The van der Waals surface area contributed by atoms with E-state index in [-0.39, 0.29) is 5.91 Å². The minimum atomic E-state index is 0.141. The predicted molar refractivity (Wildman–Crippen MR) is 77.2 cm³/mol. The van der Waals surface area contributed by atoms with E-state index in [2.05, 4.69) is 16.3 Å². The Labute approximate surface area is 114 Å². The molecule has 0 unspecified atom stereocenters. The molecule has 1 heterocycles. The van der Waals surface area contributed by atoms with Gasteiger partial charge < -0.3 is 16.0 Å². The van der Waals surface area contributed by atoms with Crippen LogP contribution in [0.15, 0.2) is 18.2 Å². The van der Waals surface area contributed by atoms with E-state index in [1.165, 1.54) is 18.4 Å². The van der Waals surface area contributed by atoms with Crippen LogP contribution < -0.4 is 16.0 Å². The lowest BCUT2D eigenvalue weighted by atomic mass is 10.1. The number of rotatable bonds is 3. The van der Waals surface area contributed by atoms with Crippen molar-refractivity contribution in [3.8, 4) is 0 Å². The summed E-state index contributed by atoms with van der Waals surface area (Å²) in [7, 11) is 0. The molecule has 0 aromatic heterocycles. The van der Waals surface area contributed by atoms with Crippen LogP contribution >= 0.6 is 0 Å². The van der Waals surface area contributed by atoms with Crippen molar-refractivity contribution in [2.24, 2.45) is 0 Å². The third-order valence-electron chi connectivity index (χ3n) is 4.21. The summed E-state index contributed by atoms with van der Waals surface area (Å²) in [5.41, 5.74) is 9.13. The highest BCUT2D eigenvalue weighted by Crippen LogP contribution is 2.31. The van der Waals surface area contributed by atoms with Crippen molar-refractivity contribution in [3.63, 3.8) is 0 Å². The molecule has 19 heavy (non-hydrogen) atoms. The van der Waals surface area contributed by atoms with E-state index in [0.29, 0.717) is 12.6 Å².